The fourth-order valence-electron chi connectivity index (χ4n) is 1.24. The van der Waals surface area contributed by atoms with Crippen LogP contribution in [0.3, 0.4) is 0 Å². The molecule has 0 fully saturated rings. The van der Waals surface area contributed by atoms with Crippen molar-refractivity contribution in [2.75, 3.05) is 7.11 Å². The Morgan fingerprint density at radius 3 is 2.45 bits per heavy atom. The van der Waals surface area contributed by atoms with Crippen molar-refractivity contribution in [1.82, 2.24) is 0 Å². The monoisotopic (exact) mass is 151 g/mol. The molecule has 0 saturated heterocycles. The van der Waals surface area contributed by atoms with Crippen molar-refractivity contribution in [3.63, 3.8) is 0 Å². The second kappa shape index (κ2) is 2.82. The standard InChI is InChI=1S/C10H15O/c1-8-6-5-7-10(3,11-4)9(8)2/h5-7H,1-4H3. The molecular weight excluding hydrogens is 136 g/mol. The molecule has 0 aromatic carbocycles. The van der Waals surface area contributed by atoms with Crippen molar-refractivity contribution in [1.29, 1.82) is 0 Å². The summed E-state index contributed by atoms with van der Waals surface area (Å²) in [5.74, 6) is 0. The molecular formula is C10H15O. The van der Waals surface area contributed by atoms with Gasteiger partial charge in [-0.2, -0.15) is 0 Å². The fourth-order valence-corrected chi connectivity index (χ4v) is 1.24. The Balaban J connectivity index is 2.97. The molecule has 1 aliphatic carbocycles. The predicted molar refractivity (Wildman–Crippen MR) is 47.2 cm³/mol. The summed E-state index contributed by atoms with van der Waals surface area (Å²) in [6, 6.07) is 0. The van der Waals surface area contributed by atoms with E-state index >= 15 is 0 Å². The molecule has 61 valence electrons. The molecule has 1 radical (unpaired) electrons. The first-order chi connectivity index (χ1) is 5.10. The maximum absolute atomic E-state index is 5.40. The van der Waals surface area contributed by atoms with Crippen LogP contribution in [-0.2, 0) is 4.74 Å². The third kappa shape index (κ3) is 1.38. The zero-order valence-corrected chi connectivity index (χ0v) is 7.64. The molecule has 0 amide bonds. The lowest BCUT2D eigenvalue weighted by atomic mass is 9.87. The Kier molecular flexibility index (Phi) is 2.19. The van der Waals surface area contributed by atoms with Crippen molar-refractivity contribution in [2.45, 2.75) is 26.4 Å². The molecule has 1 rings (SSSR count). The highest BCUT2D eigenvalue weighted by Gasteiger charge is 2.25. The minimum absolute atomic E-state index is 0.182. The van der Waals surface area contributed by atoms with E-state index in [1.54, 1.807) is 7.11 Å². The van der Waals surface area contributed by atoms with Gasteiger partial charge in [-0.25, -0.2) is 0 Å². The lowest BCUT2D eigenvalue weighted by molar-refractivity contribution is 0.0787. The van der Waals surface area contributed by atoms with Crippen molar-refractivity contribution in [3.05, 3.63) is 29.7 Å². The molecule has 1 heteroatoms. The molecule has 0 aliphatic heterocycles. The third-order valence-electron chi connectivity index (χ3n) is 2.52. The van der Waals surface area contributed by atoms with Gasteiger partial charge in [0.2, 0.25) is 0 Å². The molecule has 0 N–H and O–H groups in total. The van der Waals surface area contributed by atoms with Crippen LogP contribution in [0.1, 0.15) is 20.8 Å². The van der Waals surface area contributed by atoms with Crippen LogP contribution in [0.5, 0.6) is 0 Å². The molecule has 1 atom stereocenters. The van der Waals surface area contributed by atoms with E-state index in [9.17, 15) is 0 Å². The van der Waals surface area contributed by atoms with Gasteiger partial charge >= 0.3 is 0 Å². The van der Waals surface area contributed by atoms with Gasteiger partial charge in [-0.1, -0.05) is 17.7 Å². The van der Waals surface area contributed by atoms with Gasteiger partial charge in [0.15, 0.2) is 0 Å². The molecule has 0 spiro atoms. The van der Waals surface area contributed by atoms with Crippen molar-refractivity contribution in [3.8, 4) is 0 Å². The first-order valence-corrected chi connectivity index (χ1v) is 3.86. The minimum atomic E-state index is -0.182. The smallest absolute Gasteiger partial charge is 0.104 e. The van der Waals surface area contributed by atoms with E-state index in [1.165, 1.54) is 11.1 Å². The summed E-state index contributed by atoms with van der Waals surface area (Å²) in [6.07, 6.45) is 6.23. The number of hydrogen-bond acceptors (Lipinski definition) is 1. The van der Waals surface area contributed by atoms with Gasteiger partial charge in [-0.15, -0.1) is 0 Å². The predicted octanol–water partition coefficient (Wildman–Crippen LogP) is 2.50. The van der Waals surface area contributed by atoms with Crippen LogP contribution in [-0.4, -0.2) is 12.7 Å². The lowest BCUT2D eigenvalue weighted by Gasteiger charge is -2.30. The molecule has 0 heterocycles. The zero-order valence-electron chi connectivity index (χ0n) is 7.64. The number of methoxy groups -OCH3 is 1. The van der Waals surface area contributed by atoms with E-state index in [1.807, 2.05) is 6.08 Å². The van der Waals surface area contributed by atoms with Crippen LogP contribution < -0.4 is 0 Å². The van der Waals surface area contributed by atoms with E-state index in [0.717, 1.165) is 0 Å². The van der Waals surface area contributed by atoms with Gasteiger partial charge in [0.25, 0.3) is 0 Å². The summed E-state index contributed by atoms with van der Waals surface area (Å²) in [4.78, 5) is 0. The summed E-state index contributed by atoms with van der Waals surface area (Å²) in [5.41, 5.74) is 2.41. The third-order valence-corrected chi connectivity index (χ3v) is 2.52. The highest BCUT2D eigenvalue weighted by atomic mass is 16.5. The summed E-state index contributed by atoms with van der Waals surface area (Å²) >= 11 is 0. The van der Waals surface area contributed by atoms with Crippen LogP contribution in [0, 0.1) is 6.42 Å². The van der Waals surface area contributed by atoms with Crippen molar-refractivity contribution < 1.29 is 4.74 Å². The molecule has 0 saturated carbocycles. The van der Waals surface area contributed by atoms with Crippen molar-refractivity contribution in [2.24, 2.45) is 0 Å². The molecule has 11 heavy (non-hydrogen) atoms. The zero-order chi connectivity index (χ0) is 8.48. The summed E-state index contributed by atoms with van der Waals surface area (Å²) in [6.45, 7) is 6.30. The second-order valence-corrected chi connectivity index (χ2v) is 3.14. The van der Waals surface area contributed by atoms with E-state index in [-0.39, 0.29) is 5.60 Å². The van der Waals surface area contributed by atoms with Gasteiger partial charge in [0.1, 0.15) is 5.60 Å². The minimum Gasteiger partial charge on any atom is -0.370 e. The molecule has 0 bridgehead atoms. The Hall–Kier alpha value is -0.560. The molecule has 1 nitrogen and oxygen atoms in total. The van der Waals surface area contributed by atoms with Gasteiger partial charge in [-0.05, 0) is 26.3 Å². The SMILES string of the molecule is COC1(C)C=C[CH]C(C)=C1C. The Morgan fingerprint density at radius 1 is 1.36 bits per heavy atom. The highest BCUT2D eigenvalue weighted by molar-refractivity contribution is 5.39. The Bertz CT molecular complexity index is 213. The molecule has 0 aromatic rings. The topological polar surface area (TPSA) is 9.23 Å². The van der Waals surface area contributed by atoms with E-state index in [0.29, 0.717) is 0 Å². The number of rotatable bonds is 1. The fraction of sp³-hybridized carbons (Fsp3) is 0.500. The van der Waals surface area contributed by atoms with E-state index in [2.05, 4.69) is 33.3 Å². The average molecular weight is 151 g/mol. The Labute approximate surface area is 68.8 Å². The maximum Gasteiger partial charge on any atom is 0.104 e. The number of allylic oxidation sites excluding steroid dienone is 2. The average Bonchev–Trinajstić information content (AvgIpc) is 2.00. The van der Waals surface area contributed by atoms with E-state index < -0.39 is 0 Å². The molecule has 0 aromatic heterocycles. The van der Waals surface area contributed by atoms with Crippen molar-refractivity contribution >= 4 is 0 Å². The molecule has 1 unspecified atom stereocenters. The van der Waals surface area contributed by atoms with Gasteiger partial charge in [-0.3, -0.25) is 0 Å². The largest absolute Gasteiger partial charge is 0.370 e. The number of ether oxygens (including phenoxy) is 1. The quantitative estimate of drug-likeness (QED) is 0.559. The number of hydrogen-bond donors (Lipinski definition) is 0. The summed E-state index contributed by atoms with van der Waals surface area (Å²) in [5, 5.41) is 0. The van der Waals surface area contributed by atoms with Gasteiger partial charge < -0.3 is 4.74 Å². The Morgan fingerprint density at radius 2 is 2.00 bits per heavy atom. The summed E-state index contributed by atoms with van der Waals surface area (Å²) < 4.78 is 5.40. The lowest BCUT2D eigenvalue weighted by Crippen LogP contribution is -2.28. The van der Waals surface area contributed by atoms with Crippen LogP contribution in [0.15, 0.2) is 23.3 Å². The van der Waals surface area contributed by atoms with Crippen LogP contribution in [0.25, 0.3) is 0 Å². The summed E-state index contributed by atoms with van der Waals surface area (Å²) in [7, 11) is 1.74. The highest BCUT2D eigenvalue weighted by Crippen LogP contribution is 2.29. The van der Waals surface area contributed by atoms with Gasteiger partial charge in [0, 0.05) is 13.5 Å². The van der Waals surface area contributed by atoms with Gasteiger partial charge in [0.05, 0.1) is 0 Å². The van der Waals surface area contributed by atoms with Crippen LogP contribution in [0.4, 0.5) is 0 Å². The second-order valence-electron chi connectivity index (χ2n) is 3.14. The van der Waals surface area contributed by atoms with Crippen LogP contribution >= 0.6 is 0 Å². The maximum atomic E-state index is 5.40. The van der Waals surface area contributed by atoms with E-state index in [4.69, 9.17) is 4.74 Å². The first-order valence-electron chi connectivity index (χ1n) is 3.86. The van der Waals surface area contributed by atoms with Crippen LogP contribution in [0.2, 0.25) is 0 Å². The normalized spacial score (nSPS) is 31.3. The molecule has 1 aliphatic rings. The first kappa shape index (κ1) is 8.54.